The van der Waals surface area contributed by atoms with Crippen molar-refractivity contribution in [3.05, 3.63) is 86.3 Å². The zero-order valence-corrected chi connectivity index (χ0v) is 16.9. The summed E-state index contributed by atoms with van der Waals surface area (Å²) in [6.07, 6.45) is 1.23. The Morgan fingerprint density at radius 2 is 1.73 bits per heavy atom. The fraction of sp³-hybridized carbons (Fsp3) is 0.0476. The minimum absolute atomic E-state index is 0.0795. The number of carbonyl (C=O) groups is 1. The second-order valence-electron chi connectivity index (χ2n) is 6.63. The number of nitro benzene ring substituents is 2. The highest BCUT2D eigenvalue weighted by Gasteiger charge is 2.17. The zero-order chi connectivity index (χ0) is 23.5. The third-order valence-corrected chi connectivity index (χ3v) is 4.58. The lowest BCUT2D eigenvalue weighted by atomic mass is 10.1. The Bertz CT molecular complexity index is 1420. The molecule has 0 aliphatic carbocycles. The van der Waals surface area contributed by atoms with Crippen molar-refractivity contribution < 1.29 is 28.2 Å². The first kappa shape index (κ1) is 21.2. The van der Waals surface area contributed by atoms with Gasteiger partial charge in [-0.15, -0.1) is 0 Å². The van der Waals surface area contributed by atoms with Gasteiger partial charge in [0.2, 0.25) is 0 Å². The molecule has 0 spiro atoms. The topological polar surface area (TPSA) is 163 Å². The van der Waals surface area contributed by atoms with E-state index in [-0.39, 0.29) is 22.9 Å². The monoisotopic (exact) mass is 450 g/mol. The summed E-state index contributed by atoms with van der Waals surface area (Å²) in [6.45, 7) is 0. The number of methoxy groups -OCH3 is 1. The highest BCUT2D eigenvalue weighted by atomic mass is 16.6. The van der Waals surface area contributed by atoms with Crippen LogP contribution in [-0.2, 0) is 0 Å². The molecule has 0 unspecified atom stereocenters. The molecule has 12 heteroatoms. The van der Waals surface area contributed by atoms with Crippen LogP contribution in [0.15, 0.2) is 68.5 Å². The van der Waals surface area contributed by atoms with Crippen LogP contribution >= 0.6 is 0 Å². The average Bonchev–Trinajstić information content (AvgIpc) is 3.45. The molecule has 0 saturated heterocycles. The predicted molar refractivity (Wildman–Crippen MR) is 115 cm³/mol. The van der Waals surface area contributed by atoms with Crippen LogP contribution in [0, 0.1) is 20.2 Å². The molecule has 0 aliphatic rings. The van der Waals surface area contributed by atoms with E-state index in [0.717, 1.165) is 0 Å². The van der Waals surface area contributed by atoms with Gasteiger partial charge in [0.15, 0.2) is 5.76 Å². The van der Waals surface area contributed by atoms with Crippen molar-refractivity contribution in [1.82, 2.24) is 5.43 Å². The van der Waals surface area contributed by atoms with Crippen molar-refractivity contribution in [2.45, 2.75) is 0 Å². The molecule has 33 heavy (non-hydrogen) atoms. The Balaban J connectivity index is 1.48. The van der Waals surface area contributed by atoms with E-state index in [1.165, 1.54) is 55.8 Å². The summed E-state index contributed by atoms with van der Waals surface area (Å²) < 4.78 is 16.2. The van der Waals surface area contributed by atoms with Gasteiger partial charge in [0.05, 0.1) is 28.7 Å². The number of non-ortho nitro benzene ring substituents is 2. The van der Waals surface area contributed by atoms with Crippen LogP contribution in [0.25, 0.3) is 22.3 Å². The maximum absolute atomic E-state index is 12.3. The lowest BCUT2D eigenvalue weighted by Gasteiger charge is -2.05. The van der Waals surface area contributed by atoms with Crippen LogP contribution in [0.5, 0.6) is 5.75 Å². The van der Waals surface area contributed by atoms with Crippen LogP contribution in [0.4, 0.5) is 11.4 Å². The summed E-state index contributed by atoms with van der Waals surface area (Å²) >= 11 is 0. The number of nitro groups is 2. The number of nitrogens with zero attached hydrogens (tertiary/aromatic N) is 3. The van der Waals surface area contributed by atoms with Gasteiger partial charge in [-0.3, -0.25) is 25.0 Å². The quantitative estimate of drug-likeness (QED) is 0.248. The maximum atomic E-state index is 12.3. The number of fused-ring (bicyclic) bond motifs is 1. The molecule has 166 valence electrons. The van der Waals surface area contributed by atoms with E-state index in [1.54, 1.807) is 12.1 Å². The molecule has 0 fully saturated rings. The minimum Gasteiger partial charge on any atom is -0.496 e. The highest BCUT2D eigenvalue weighted by Crippen LogP contribution is 2.34. The number of amides is 1. The fourth-order valence-electron chi connectivity index (χ4n) is 3.03. The summed E-state index contributed by atoms with van der Waals surface area (Å²) in [6, 6.07) is 12.6. The number of rotatable bonds is 7. The standard InChI is InChI=1S/C21H14N4O8/c1-31-18-6-3-14(25(29)30)10-16(18)19-7-4-15(32-19)11-22-23-21(26)20-9-12-8-13(24(27)28)2-5-17(12)33-20/h2-11H,1H3,(H,23,26)/b22-11-. The summed E-state index contributed by atoms with van der Waals surface area (Å²) in [7, 11) is 1.43. The van der Waals surface area contributed by atoms with Gasteiger partial charge in [0, 0.05) is 29.7 Å². The number of hydrogen-bond acceptors (Lipinski definition) is 9. The Morgan fingerprint density at radius 3 is 2.45 bits per heavy atom. The van der Waals surface area contributed by atoms with Gasteiger partial charge in [0.1, 0.15) is 22.9 Å². The summed E-state index contributed by atoms with van der Waals surface area (Å²) in [5, 5.41) is 26.1. The van der Waals surface area contributed by atoms with Gasteiger partial charge in [-0.2, -0.15) is 5.10 Å². The molecule has 0 atom stereocenters. The molecule has 2 aromatic carbocycles. The van der Waals surface area contributed by atoms with Gasteiger partial charge in [-0.1, -0.05) is 0 Å². The average molecular weight is 450 g/mol. The summed E-state index contributed by atoms with van der Waals surface area (Å²) in [4.78, 5) is 33.1. The SMILES string of the molecule is COc1ccc([N+](=O)[O-])cc1-c1ccc(/C=N\NC(=O)c2cc3cc([N+](=O)[O-])ccc3o2)o1. The van der Waals surface area contributed by atoms with Crippen LogP contribution < -0.4 is 10.2 Å². The predicted octanol–water partition coefficient (Wildman–Crippen LogP) is 4.28. The number of benzene rings is 2. The number of nitrogens with one attached hydrogen (secondary N) is 1. The molecular formula is C21H14N4O8. The molecule has 0 saturated carbocycles. The van der Waals surface area contributed by atoms with E-state index in [0.29, 0.717) is 28.0 Å². The Kier molecular flexibility index (Phi) is 5.55. The van der Waals surface area contributed by atoms with Crippen molar-refractivity contribution in [2.75, 3.05) is 7.11 Å². The van der Waals surface area contributed by atoms with Crippen molar-refractivity contribution in [1.29, 1.82) is 0 Å². The molecule has 2 aromatic heterocycles. The first-order valence-corrected chi connectivity index (χ1v) is 9.30. The second-order valence-corrected chi connectivity index (χ2v) is 6.63. The third-order valence-electron chi connectivity index (χ3n) is 4.58. The number of hydrazone groups is 1. The van der Waals surface area contributed by atoms with E-state index in [2.05, 4.69) is 10.5 Å². The zero-order valence-electron chi connectivity index (χ0n) is 16.9. The van der Waals surface area contributed by atoms with Crippen molar-refractivity contribution in [3.63, 3.8) is 0 Å². The molecule has 1 amide bonds. The van der Waals surface area contributed by atoms with Crippen molar-refractivity contribution in [3.8, 4) is 17.1 Å². The normalized spacial score (nSPS) is 11.1. The maximum Gasteiger partial charge on any atom is 0.307 e. The van der Waals surface area contributed by atoms with Crippen LogP contribution in [-0.4, -0.2) is 29.1 Å². The smallest absolute Gasteiger partial charge is 0.307 e. The fourth-order valence-corrected chi connectivity index (χ4v) is 3.03. The van der Waals surface area contributed by atoms with E-state index < -0.39 is 15.8 Å². The molecule has 4 aromatic rings. The number of ether oxygens (including phenoxy) is 1. The van der Waals surface area contributed by atoms with E-state index in [4.69, 9.17) is 13.6 Å². The molecule has 4 rings (SSSR count). The Hall–Kier alpha value is -5.00. The Labute approximate surface area is 184 Å². The van der Waals surface area contributed by atoms with Gasteiger partial charge in [-0.05, 0) is 30.3 Å². The number of carbonyl (C=O) groups excluding carboxylic acids is 1. The molecule has 12 nitrogen and oxygen atoms in total. The second kappa shape index (κ2) is 8.63. The number of hydrogen-bond donors (Lipinski definition) is 1. The molecular weight excluding hydrogens is 436 g/mol. The first-order chi connectivity index (χ1) is 15.9. The van der Waals surface area contributed by atoms with Crippen LogP contribution in [0.3, 0.4) is 0 Å². The highest BCUT2D eigenvalue weighted by molar-refractivity contribution is 5.96. The summed E-state index contributed by atoms with van der Waals surface area (Å²) in [5.74, 6) is 0.208. The van der Waals surface area contributed by atoms with E-state index >= 15 is 0 Å². The lowest BCUT2D eigenvalue weighted by Crippen LogP contribution is -2.16. The van der Waals surface area contributed by atoms with Gasteiger partial charge in [0.25, 0.3) is 11.4 Å². The molecule has 1 N–H and O–H groups in total. The van der Waals surface area contributed by atoms with Gasteiger partial charge < -0.3 is 13.6 Å². The first-order valence-electron chi connectivity index (χ1n) is 9.30. The van der Waals surface area contributed by atoms with Crippen LogP contribution in [0.2, 0.25) is 0 Å². The molecule has 0 aliphatic heterocycles. The third kappa shape index (κ3) is 4.39. The van der Waals surface area contributed by atoms with E-state index in [1.807, 2.05) is 0 Å². The molecule has 0 radical (unpaired) electrons. The van der Waals surface area contributed by atoms with Gasteiger partial charge in [-0.25, -0.2) is 5.43 Å². The summed E-state index contributed by atoms with van der Waals surface area (Å²) in [5.41, 5.74) is 2.72. The van der Waals surface area contributed by atoms with Crippen LogP contribution in [0.1, 0.15) is 16.3 Å². The molecule has 0 bridgehead atoms. The largest absolute Gasteiger partial charge is 0.496 e. The minimum atomic E-state index is -0.669. The number of furan rings is 2. The van der Waals surface area contributed by atoms with Crippen molar-refractivity contribution in [2.24, 2.45) is 5.10 Å². The Morgan fingerprint density at radius 1 is 1.00 bits per heavy atom. The lowest BCUT2D eigenvalue weighted by molar-refractivity contribution is -0.385. The van der Waals surface area contributed by atoms with Crippen molar-refractivity contribution >= 4 is 34.5 Å². The van der Waals surface area contributed by atoms with E-state index in [9.17, 15) is 25.0 Å². The molecule has 2 heterocycles. The van der Waals surface area contributed by atoms with Gasteiger partial charge >= 0.3 is 5.91 Å².